The maximum atomic E-state index is 13.1. The van der Waals surface area contributed by atoms with E-state index in [1.54, 1.807) is 13.8 Å². The van der Waals surface area contributed by atoms with Crippen molar-refractivity contribution < 1.29 is 61.0 Å². The number of fused-ring (bicyclic) bond motifs is 4. The van der Waals surface area contributed by atoms with Crippen molar-refractivity contribution >= 4 is 20.2 Å². The Morgan fingerprint density at radius 3 is 1.38 bits per heavy atom. The van der Waals surface area contributed by atoms with E-state index in [9.17, 15) is 43.2 Å². The fraction of sp³-hybridized carbons (Fsp3) is 0.429. The minimum Gasteiger partial charge on any atom is -0.375 e. The number of ether oxygens (including phenoxy) is 2. The maximum Gasteiger partial charge on any atom is 0.534 e. The van der Waals surface area contributed by atoms with Crippen LogP contribution in [0.2, 0.25) is 0 Å². The van der Waals surface area contributed by atoms with Crippen molar-refractivity contribution in [2.45, 2.75) is 55.7 Å². The second-order valence-corrected chi connectivity index (χ2v) is 11.1. The van der Waals surface area contributed by atoms with E-state index in [1.165, 1.54) is 24.3 Å². The highest BCUT2D eigenvalue weighted by molar-refractivity contribution is 7.88. The molecule has 2 heterocycles. The third-order valence-corrected chi connectivity index (χ3v) is 7.72. The van der Waals surface area contributed by atoms with Gasteiger partial charge in [-0.1, -0.05) is 38.1 Å². The summed E-state index contributed by atoms with van der Waals surface area (Å²) in [4.78, 5) is 0. The predicted molar refractivity (Wildman–Crippen MR) is 113 cm³/mol. The van der Waals surface area contributed by atoms with E-state index in [0.717, 1.165) is 12.1 Å². The molecule has 16 heteroatoms. The molecule has 0 aromatic heterocycles. The Morgan fingerprint density at radius 2 is 1.08 bits per heavy atom. The van der Waals surface area contributed by atoms with Gasteiger partial charge in [-0.05, 0) is 36.1 Å². The average molecular weight is 576 g/mol. The SMILES string of the molecule is CC[C@@H]1OC2(O[C@@H](CC)c3cccc(OS(=O)(=O)C(F)(F)F)c32)c2c(OS(=O)(=O)C(F)(F)F)cccc21. The molecule has 0 fully saturated rings. The third-order valence-electron chi connectivity index (χ3n) is 5.79. The van der Waals surface area contributed by atoms with Crippen LogP contribution in [0, 0.1) is 0 Å². The summed E-state index contributed by atoms with van der Waals surface area (Å²) in [5.74, 6) is -4.06. The van der Waals surface area contributed by atoms with Crippen LogP contribution in [0.25, 0.3) is 0 Å². The topological polar surface area (TPSA) is 105 Å². The van der Waals surface area contributed by atoms with E-state index in [0.29, 0.717) is 0 Å². The van der Waals surface area contributed by atoms with E-state index in [1.807, 2.05) is 0 Å². The second-order valence-electron chi connectivity index (χ2n) is 8.05. The summed E-state index contributed by atoms with van der Waals surface area (Å²) in [5, 5.41) is 0. The first-order valence-corrected chi connectivity index (χ1v) is 13.4. The summed E-state index contributed by atoms with van der Waals surface area (Å²) in [6.07, 6.45) is -1.54. The van der Waals surface area contributed by atoms with Crippen LogP contribution in [0.15, 0.2) is 36.4 Å². The van der Waals surface area contributed by atoms with Crippen molar-refractivity contribution in [1.29, 1.82) is 0 Å². The van der Waals surface area contributed by atoms with E-state index in [4.69, 9.17) is 9.47 Å². The fourth-order valence-electron chi connectivity index (χ4n) is 4.33. The lowest BCUT2D eigenvalue weighted by Crippen LogP contribution is -2.33. The number of alkyl halides is 6. The highest BCUT2D eigenvalue weighted by atomic mass is 32.2. The Labute approximate surface area is 207 Å². The summed E-state index contributed by atoms with van der Waals surface area (Å²) >= 11 is 0. The van der Waals surface area contributed by atoms with Crippen LogP contribution in [0.4, 0.5) is 26.3 Å². The molecule has 8 nitrogen and oxygen atoms in total. The van der Waals surface area contributed by atoms with Crippen LogP contribution < -0.4 is 8.37 Å². The molecule has 4 rings (SSSR count). The maximum absolute atomic E-state index is 13.1. The zero-order valence-electron chi connectivity index (χ0n) is 18.9. The summed E-state index contributed by atoms with van der Waals surface area (Å²) in [5.41, 5.74) is -12.1. The van der Waals surface area contributed by atoms with E-state index in [-0.39, 0.29) is 35.1 Å². The molecule has 37 heavy (non-hydrogen) atoms. The lowest BCUT2D eigenvalue weighted by atomic mass is 9.90. The summed E-state index contributed by atoms with van der Waals surface area (Å²) < 4.78 is 147. The molecule has 0 unspecified atom stereocenters. The van der Waals surface area contributed by atoms with Crippen LogP contribution in [0.3, 0.4) is 0 Å². The molecule has 2 atom stereocenters. The van der Waals surface area contributed by atoms with E-state index < -0.39 is 60.7 Å². The molecule has 0 bridgehead atoms. The normalized spacial score (nSPS) is 21.1. The van der Waals surface area contributed by atoms with Crippen molar-refractivity contribution in [2.24, 2.45) is 0 Å². The van der Waals surface area contributed by atoms with Crippen LogP contribution in [-0.2, 0) is 35.5 Å². The molecule has 1 spiro atoms. The Bertz CT molecular complexity index is 1320. The van der Waals surface area contributed by atoms with Gasteiger partial charge in [0.15, 0.2) is 11.5 Å². The van der Waals surface area contributed by atoms with Gasteiger partial charge in [-0.15, -0.1) is 0 Å². The zero-order chi connectivity index (χ0) is 27.6. The number of rotatable bonds is 6. The average Bonchev–Trinajstić information content (AvgIpc) is 3.28. The molecule has 2 aromatic rings. The second kappa shape index (κ2) is 8.74. The van der Waals surface area contributed by atoms with Gasteiger partial charge in [-0.25, -0.2) is 0 Å². The Balaban J connectivity index is 2.00. The fourth-order valence-corrected chi connectivity index (χ4v) is 5.27. The van der Waals surface area contributed by atoms with Crippen molar-refractivity contribution in [3.05, 3.63) is 58.7 Å². The van der Waals surface area contributed by atoms with Gasteiger partial charge in [0.1, 0.15) is 0 Å². The van der Waals surface area contributed by atoms with Crippen LogP contribution in [0.1, 0.15) is 61.2 Å². The Morgan fingerprint density at radius 1 is 0.730 bits per heavy atom. The first-order chi connectivity index (χ1) is 17.0. The first kappa shape index (κ1) is 27.5. The van der Waals surface area contributed by atoms with Gasteiger partial charge in [-0.3, -0.25) is 0 Å². The molecular weight excluding hydrogens is 558 g/mol. The van der Waals surface area contributed by atoms with Crippen LogP contribution in [0.5, 0.6) is 11.5 Å². The number of benzene rings is 2. The van der Waals surface area contributed by atoms with E-state index >= 15 is 0 Å². The van der Waals surface area contributed by atoms with Gasteiger partial charge in [0.05, 0.1) is 23.3 Å². The van der Waals surface area contributed by atoms with Gasteiger partial charge in [0.25, 0.3) is 0 Å². The number of hydrogen-bond donors (Lipinski definition) is 0. The van der Waals surface area contributed by atoms with Crippen LogP contribution in [-0.4, -0.2) is 27.9 Å². The smallest absolute Gasteiger partial charge is 0.375 e. The lowest BCUT2D eigenvalue weighted by molar-refractivity contribution is -0.236. The molecule has 0 N–H and O–H groups in total. The third kappa shape index (κ3) is 4.32. The quantitative estimate of drug-likeness (QED) is 0.259. The predicted octanol–water partition coefficient (Wildman–Crippen LogP) is 5.31. The molecule has 0 radical (unpaired) electrons. The van der Waals surface area contributed by atoms with Crippen molar-refractivity contribution in [3.8, 4) is 11.5 Å². The van der Waals surface area contributed by atoms with Crippen molar-refractivity contribution in [1.82, 2.24) is 0 Å². The number of halogens is 6. The van der Waals surface area contributed by atoms with Gasteiger partial charge < -0.3 is 17.8 Å². The Kier molecular flexibility index (Phi) is 6.49. The zero-order valence-corrected chi connectivity index (χ0v) is 20.5. The summed E-state index contributed by atoms with van der Waals surface area (Å²) in [6, 6.07) is 6.98. The standard InChI is InChI=1S/C21H18F6O8S2/c1-3-13-11-7-5-9-15(34-36(28,29)20(22,23)24)17(11)19(32-13)18-12(14(4-2)33-19)8-6-10-16(18)35-37(30,31)21(25,26)27/h5-10,13-14H,3-4H2,1-2H3/t13-,14-,19?/m0/s1. The first-order valence-electron chi connectivity index (χ1n) is 10.6. The molecular formula is C21H18F6O8S2. The molecule has 2 aliphatic rings. The van der Waals surface area contributed by atoms with Crippen LogP contribution >= 0.6 is 0 Å². The van der Waals surface area contributed by atoms with Gasteiger partial charge in [0.2, 0.25) is 5.79 Å². The number of hydrogen-bond acceptors (Lipinski definition) is 8. The van der Waals surface area contributed by atoms with Gasteiger partial charge in [0, 0.05) is 0 Å². The highest BCUT2D eigenvalue weighted by Crippen LogP contribution is 2.62. The largest absolute Gasteiger partial charge is 0.534 e. The molecule has 2 aromatic carbocycles. The monoisotopic (exact) mass is 576 g/mol. The molecule has 0 aliphatic carbocycles. The van der Waals surface area contributed by atoms with Crippen molar-refractivity contribution in [3.63, 3.8) is 0 Å². The molecule has 0 saturated heterocycles. The van der Waals surface area contributed by atoms with Gasteiger partial charge in [-0.2, -0.15) is 43.2 Å². The Hall–Kier alpha value is -2.56. The minimum atomic E-state index is -6.18. The minimum absolute atomic E-state index is 0.133. The highest BCUT2D eigenvalue weighted by Gasteiger charge is 2.59. The summed E-state index contributed by atoms with van der Waals surface area (Å²) in [7, 11) is -12.4. The molecule has 2 aliphatic heterocycles. The molecule has 204 valence electrons. The summed E-state index contributed by atoms with van der Waals surface area (Å²) in [6.45, 7) is 3.24. The molecule has 0 saturated carbocycles. The van der Waals surface area contributed by atoms with E-state index in [2.05, 4.69) is 8.37 Å². The lowest BCUT2D eigenvalue weighted by Gasteiger charge is -2.29. The van der Waals surface area contributed by atoms with Gasteiger partial charge >= 0.3 is 31.3 Å². The molecule has 0 amide bonds. The van der Waals surface area contributed by atoms with Crippen molar-refractivity contribution in [2.75, 3.05) is 0 Å².